The van der Waals surface area contributed by atoms with Crippen molar-refractivity contribution in [3.8, 4) is 0 Å². The molecule has 2 atom stereocenters. The van der Waals surface area contributed by atoms with Crippen LogP contribution in [-0.4, -0.2) is 79.4 Å². The second-order valence-corrected chi connectivity index (χ2v) is 5.13. The van der Waals surface area contributed by atoms with Gasteiger partial charge in [-0.25, -0.2) is 4.79 Å². The predicted molar refractivity (Wildman–Crippen MR) is 74.7 cm³/mol. The molecule has 2 N–H and O–H groups in total. The van der Waals surface area contributed by atoms with Crippen LogP contribution in [0, 0.1) is 0 Å². The van der Waals surface area contributed by atoms with Crippen molar-refractivity contribution in [3.63, 3.8) is 0 Å². The Balaban J connectivity index is 2.40. The fourth-order valence-corrected chi connectivity index (χ4v) is 2.32. The van der Waals surface area contributed by atoms with E-state index in [2.05, 4.69) is 24.2 Å². The molecule has 20 heavy (non-hydrogen) atoms. The summed E-state index contributed by atoms with van der Waals surface area (Å²) in [5.41, 5.74) is 0. The van der Waals surface area contributed by atoms with Crippen LogP contribution >= 0.6 is 0 Å². The average molecular weight is 287 g/mol. The number of nitrogens with zero attached hydrogens (tertiary/aromatic N) is 2. The van der Waals surface area contributed by atoms with Crippen LogP contribution in [0.5, 0.6) is 0 Å². The van der Waals surface area contributed by atoms with Crippen LogP contribution in [0.25, 0.3) is 0 Å². The second-order valence-electron chi connectivity index (χ2n) is 5.13. The molecule has 7 nitrogen and oxygen atoms in total. The van der Waals surface area contributed by atoms with Crippen LogP contribution < -0.4 is 5.32 Å². The SMILES string of the molecule is CCC1CN(C(=O)NCC(CC(=O)O)OC)CCN1C. The molecular formula is C13H25N3O4. The highest BCUT2D eigenvalue weighted by atomic mass is 16.5. The van der Waals surface area contributed by atoms with E-state index < -0.39 is 12.1 Å². The van der Waals surface area contributed by atoms with Crippen molar-refractivity contribution in [2.24, 2.45) is 0 Å². The predicted octanol–water partition coefficient (Wildman–Crippen LogP) is 0.212. The summed E-state index contributed by atoms with van der Waals surface area (Å²) >= 11 is 0. The van der Waals surface area contributed by atoms with Gasteiger partial charge < -0.3 is 20.1 Å². The van der Waals surface area contributed by atoms with Gasteiger partial charge in [-0.15, -0.1) is 0 Å². The lowest BCUT2D eigenvalue weighted by atomic mass is 10.1. The fraction of sp³-hybridized carbons (Fsp3) is 0.846. The van der Waals surface area contributed by atoms with Crippen LogP contribution in [0.3, 0.4) is 0 Å². The molecule has 0 spiro atoms. The standard InChI is InChI=1S/C13H25N3O4/c1-4-10-9-16(6-5-15(10)2)13(19)14-8-11(20-3)7-12(17)18/h10-11H,4-9H2,1-3H3,(H,14,19)(H,17,18). The molecule has 0 aromatic rings. The highest BCUT2D eigenvalue weighted by Crippen LogP contribution is 2.10. The minimum absolute atomic E-state index is 0.114. The summed E-state index contributed by atoms with van der Waals surface area (Å²) < 4.78 is 5.04. The van der Waals surface area contributed by atoms with E-state index in [1.165, 1.54) is 7.11 Å². The molecule has 1 aliphatic rings. The molecule has 0 radical (unpaired) electrons. The van der Waals surface area contributed by atoms with Gasteiger partial charge in [0.2, 0.25) is 0 Å². The van der Waals surface area contributed by atoms with E-state index in [4.69, 9.17) is 9.84 Å². The van der Waals surface area contributed by atoms with E-state index in [-0.39, 0.29) is 19.0 Å². The molecular weight excluding hydrogens is 262 g/mol. The highest BCUT2D eigenvalue weighted by Gasteiger charge is 2.26. The third kappa shape index (κ3) is 4.97. The Hall–Kier alpha value is -1.34. The summed E-state index contributed by atoms with van der Waals surface area (Å²) in [6.07, 6.45) is 0.391. The third-order valence-electron chi connectivity index (χ3n) is 3.75. The molecule has 0 aliphatic carbocycles. The first-order valence-corrected chi connectivity index (χ1v) is 6.95. The van der Waals surface area contributed by atoms with Crippen LogP contribution in [0.1, 0.15) is 19.8 Å². The maximum absolute atomic E-state index is 12.1. The minimum atomic E-state index is -0.934. The summed E-state index contributed by atoms with van der Waals surface area (Å²) in [6, 6.07) is 0.232. The van der Waals surface area contributed by atoms with E-state index >= 15 is 0 Å². The van der Waals surface area contributed by atoms with Gasteiger partial charge in [0.05, 0.1) is 12.5 Å². The number of urea groups is 1. The lowest BCUT2D eigenvalue weighted by molar-refractivity contribution is -0.139. The molecule has 0 saturated carbocycles. The Morgan fingerprint density at radius 1 is 1.45 bits per heavy atom. The molecule has 1 aliphatic heterocycles. The van der Waals surface area contributed by atoms with Crippen molar-refractivity contribution in [2.75, 3.05) is 40.3 Å². The first kappa shape index (κ1) is 16.7. The zero-order chi connectivity index (χ0) is 15.1. The Morgan fingerprint density at radius 3 is 2.70 bits per heavy atom. The van der Waals surface area contributed by atoms with E-state index in [9.17, 15) is 9.59 Å². The number of amides is 2. The molecule has 2 amide bonds. The number of hydrogen-bond acceptors (Lipinski definition) is 4. The number of ether oxygens (including phenoxy) is 1. The van der Waals surface area contributed by atoms with E-state index in [0.717, 1.165) is 13.0 Å². The molecule has 7 heteroatoms. The largest absolute Gasteiger partial charge is 0.481 e. The summed E-state index contributed by atoms with van der Waals surface area (Å²) in [7, 11) is 3.51. The quantitative estimate of drug-likeness (QED) is 0.730. The Bertz CT molecular complexity index is 338. The zero-order valence-electron chi connectivity index (χ0n) is 12.5. The van der Waals surface area contributed by atoms with Gasteiger partial charge in [-0.1, -0.05) is 6.92 Å². The van der Waals surface area contributed by atoms with E-state index in [1.54, 1.807) is 4.90 Å². The van der Waals surface area contributed by atoms with Gasteiger partial charge in [0.15, 0.2) is 0 Å². The van der Waals surface area contributed by atoms with Gasteiger partial charge in [-0.05, 0) is 13.5 Å². The first-order chi connectivity index (χ1) is 9.47. The van der Waals surface area contributed by atoms with Crippen LogP contribution in [-0.2, 0) is 9.53 Å². The molecule has 1 rings (SSSR count). The summed E-state index contributed by atoms with van der Waals surface area (Å²) in [5.74, 6) is -0.934. The van der Waals surface area contributed by atoms with Crippen LogP contribution in [0.2, 0.25) is 0 Å². The number of nitrogens with one attached hydrogen (secondary N) is 1. The number of piperazine rings is 1. The van der Waals surface area contributed by atoms with Gasteiger partial charge in [-0.2, -0.15) is 0 Å². The monoisotopic (exact) mass is 287 g/mol. The molecule has 116 valence electrons. The lowest BCUT2D eigenvalue weighted by Crippen LogP contribution is -2.56. The number of carboxylic acids is 1. The Morgan fingerprint density at radius 2 is 2.15 bits per heavy atom. The van der Waals surface area contributed by atoms with Crippen molar-refractivity contribution < 1.29 is 19.4 Å². The number of aliphatic carboxylic acids is 1. The summed E-state index contributed by atoms with van der Waals surface area (Å²) in [4.78, 5) is 26.7. The zero-order valence-corrected chi connectivity index (χ0v) is 12.5. The van der Waals surface area contributed by atoms with Gasteiger partial charge in [-0.3, -0.25) is 9.69 Å². The van der Waals surface area contributed by atoms with Crippen molar-refractivity contribution in [3.05, 3.63) is 0 Å². The van der Waals surface area contributed by atoms with Crippen LogP contribution in [0.15, 0.2) is 0 Å². The minimum Gasteiger partial charge on any atom is -0.481 e. The second kappa shape index (κ2) is 8.06. The van der Waals surface area contributed by atoms with Gasteiger partial charge in [0.1, 0.15) is 0 Å². The number of likely N-dealkylation sites (N-methyl/N-ethyl adjacent to an activating group) is 1. The molecule has 0 bridgehead atoms. The summed E-state index contributed by atoms with van der Waals surface area (Å²) in [6.45, 7) is 4.57. The van der Waals surface area contributed by atoms with Crippen molar-refractivity contribution in [1.29, 1.82) is 0 Å². The normalized spacial score (nSPS) is 21.6. The van der Waals surface area contributed by atoms with E-state index in [0.29, 0.717) is 19.1 Å². The Labute approximate surface area is 119 Å². The first-order valence-electron chi connectivity index (χ1n) is 6.95. The third-order valence-corrected chi connectivity index (χ3v) is 3.75. The van der Waals surface area contributed by atoms with Gasteiger partial charge in [0, 0.05) is 39.3 Å². The van der Waals surface area contributed by atoms with Crippen molar-refractivity contribution in [1.82, 2.24) is 15.1 Å². The molecule has 1 saturated heterocycles. The van der Waals surface area contributed by atoms with Gasteiger partial charge in [0.25, 0.3) is 0 Å². The van der Waals surface area contributed by atoms with Gasteiger partial charge >= 0.3 is 12.0 Å². The van der Waals surface area contributed by atoms with Crippen molar-refractivity contribution in [2.45, 2.75) is 31.9 Å². The number of carbonyl (C=O) groups is 2. The van der Waals surface area contributed by atoms with E-state index in [1.807, 2.05) is 0 Å². The molecule has 2 unspecified atom stereocenters. The molecule has 1 fully saturated rings. The number of carboxylic acid groups (broad SMARTS) is 1. The Kier molecular flexibility index (Phi) is 6.74. The maximum atomic E-state index is 12.1. The topological polar surface area (TPSA) is 82.1 Å². The smallest absolute Gasteiger partial charge is 0.317 e. The van der Waals surface area contributed by atoms with Crippen molar-refractivity contribution >= 4 is 12.0 Å². The number of hydrogen-bond donors (Lipinski definition) is 2. The molecule has 0 aromatic carbocycles. The number of rotatable bonds is 6. The highest BCUT2D eigenvalue weighted by molar-refractivity contribution is 5.74. The lowest BCUT2D eigenvalue weighted by Gasteiger charge is -2.39. The maximum Gasteiger partial charge on any atom is 0.317 e. The molecule has 0 aromatic heterocycles. The number of methoxy groups -OCH3 is 1. The molecule has 1 heterocycles. The fourth-order valence-electron chi connectivity index (χ4n) is 2.32. The van der Waals surface area contributed by atoms with Crippen LogP contribution in [0.4, 0.5) is 4.79 Å². The number of carbonyl (C=O) groups excluding carboxylic acids is 1. The average Bonchev–Trinajstić information content (AvgIpc) is 2.43. The summed E-state index contributed by atoms with van der Waals surface area (Å²) in [5, 5.41) is 11.5.